The highest BCUT2D eigenvalue weighted by atomic mass is 16.5. The molecule has 2 heterocycles. The lowest BCUT2D eigenvalue weighted by Crippen LogP contribution is -2.11. The third-order valence-corrected chi connectivity index (χ3v) is 3.29. The van der Waals surface area contributed by atoms with E-state index in [-0.39, 0.29) is 11.5 Å². The number of benzene rings is 1. The van der Waals surface area contributed by atoms with Crippen molar-refractivity contribution in [2.24, 2.45) is 0 Å². The van der Waals surface area contributed by atoms with Crippen molar-refractivity contribution in [2.75, 3.05) is 6.61 Å². The Hall–Kier alpha value is -2.43. The predicted octanol–water partition coefficient (Wildman–Crippen LogP) is 1.97. The molecule has 0 atom stereocenters. The van der Waals surface area contributed by atoms with Gasteiger partial charge in [0.15, 0.2) is 0 Å². The van der Waals surface area contributed by atoms with Crippen LogP contribution >= 0.6 is 0 Å². The minimum Gasteiger partial charge on any atom is -0.508 e. The van der Waals surface area contributed by atoms with Crippen LogP contribution in [0.3, 0.4) is 0 Å². The molecule has 1 aliphatic rings. The Morgan fingerprint density at radius 2 is 1.90 bits per heavy atom. The molecule has 0 radical (unpaired) electrons. The zero-order chi connectivity index (χ0) is 14.1. The van der Waals surface area contributed by atoms with Gasteiger partial charge in [-0.3, -0.25) is 0 Å². The van der Waals surface area contributed by atoms with E-state index >= 15 is 0 Å². The van der Waals surface area contributed by atoms with Gasteiger partial charge in [-0.25, -0.2) is 4.79 Å². The predicted molar refractivity (Wildman–Crippen MR) is 71.4 cm³/mol. The molecule has 0 amide bonds. The van der Waals surface area contributed by atoms with Crippen LogP contribution in [0.4, 0.5) is 0 Å². The normalized spacial score (nSPS) is 13.6. The van der Waals surface area contributed by atoms with Gasteiger partial charge in [-0.1, -0.05) is 0 Å². The van der Waals surface area contributed by atoms with E-state index in [0.717, 1.165) is 30.0 Å². The van der Waals surface area contributed by atoms with Crippen molar-refractivity contribution < 1.29 is 19.4 Å². The summed E-state index contributed by atoms with van der Waals surface area (Å²) in [4.78, 5) is 11.3. The van der Waals surface area contributed by atoms with Crippen LogP contribution in [0.5, 0.6) is 17.2 Å². The molecule has 20 heavy (non-hydrogen) atoms. The molecule has 2 N–H and O–H groups in total. The maximum absolute atomic E-state index is 11.3. The lowest BCUT2D eigenvalue weighted by molar-refractivity contribution is 0.285. The number of rotatable bonds is 2. The average Bonchev–Trinajstić information content (AvgIpc) is 2.37. The standard InChI is InChI=1S/C15H14O5/c16-10-4-9(13-2-1-3-19-14(13)7-10)5-12-6-11(17)8-15(18)20-12/h4,6-8,16-17H,1-3,5H2. The minimum atomic E-state index is -0.592. The largest absolute Gasteiger partial charge is 0.508 e. The van der Waals surface area contributed by atoms with Crippen molar-refractivity contribution in [3.63, 3.8) is 0 Å². The number of hydrogen-bond acceptors (Lipinski definition) is 5. The third-order valence-electron chi connectivity index (χ3n) is 3.29. The van der Waals surface area contributed by atoms with Gasteiger partial charge in [0.25, 0.3) is 0 Å². The zero-order valence-corrected chi connectivity index (χ0v) is 10.8. The lowest BCUT2D eigenvalue weighted by atomic mass is 9.96. The van der Waals surface area contributed by atoms with E-state index in [9.17, 15) is 15.0 Å². The Morgan fingerprint density at radius 3 is 2.70 bits per heavy atom. The zero-order valence-electron chi connectivity index (χ0n) is 10.8. The summed E-state index contributed by atoms with van der Waals surface area (Å²) in [5.41, 5.74) is 1.26. The minimum absolute atomic E-state index is 0.114. The summed E-state index contributed by atoms with van der Waals surface area (Å²) in [6.45, 7) is 0.636. The summed E-state index contributed by atoms with van der Waals surface area (Å²) >= 11 is 0. The van der Waals surface area contributed by atoms with E-state index in [0.29, 0.717) is 24.5 Å². The Kier molecular flexibility index (Phi) is 3.10. The average molecular weight is 274 g/mol. The third kappa shape index (κ3) is 2.47. The van der Waals surface area contributed by atoms with Crippen molar-refractivity contribution >= 4 is 0 Å². The summed E-state index contributed by atoms with van der Waals surface area (Å²) < 4.78 is 10.6. The van der Waals surface area contributed by atoms with E-state index in [1.807, 2.05) is 0 Å². The topological polar surface area (TPSA) is 79.9 Å². The Balaban J connectivity index is 2.01. The van der Waals surface area contributed by atoms with Crippen molar-refractivity contribution in [3.8, 4) is 17.2 Å². The van der Waals surface area contributed by atoms with Crippen molar-refractivity contribution in [2.45, 2.75) is 19.3 Å². The molecular formula is C15H14O5. The highest BCUT2D eigenvalue weighted by Gasteiger charge is 2.17. The molecule has 3 rings (SSSR count). The quantitative estimate of drug-likeness (QED) is 0.875. The molecule has 0 saturated heterocycles. The maximum Gasteiger partial charge on any atom is 0.339 e. The molecule has 0 fully saturated rings. The van der Waals surface area contributed by atoms with Gasteiger partial charge in [-0.05, 0) is 30.0 Å². The second-order valence-electron chi connectivity index (χ2n) is 4.81. The van der Waals surface area contributed by atoms with Crippen LogP contribution in [0.2, 0.25) is 0 Å². The molecule has 0 saturated carbocycles. The molecule has 1 aromatic heterocycles. The van der Waals surface area contributed by atoms with Gasteiger partial charge in [0.05, 0.1) is 12.7 Å². The molecular weight excluding hydrogens is 260 g/mol. The van der Waals surface area contributed by atoms with Crippen LogP contribution in [-0.2, 0) is 12.8 Å². The second-order valence-corrected chi connectivity index (χ2v) is 4.81. The first kappa shape index (κ1) is 12.6. The van der Waals surface area contributed by atoms with Gasteiger partial charge in [0.2, 0.25) is 0 Å². The molecule has 0 unspecified atom stereocenters. The molecule has 0 bridgehead atoms. The number of hydrogen-bond donors (Lipinski definition) is 2. The first-order valence-corrected chi connectivity index (χ1v) is 6.42. The van der Waals surface area contributed by atoms with Crippen LogP contribution < -0.4 is 10.4 Å². The Labute approximate surface area is 115 Å². The van der Waals surface area contributed by atoms with E-state index in [4.69, 9.17) is 9.15 Å². The molecule has 5 nitrogen and oxygen atoms in total. The molecule has 1 aromatic carbocycles. The molecule has 104 valence electrons. The Bertz CT molecular complexity index is 702. The maximum atomic E-state index is 11.3. The fraction of sp³-hybridized carbons (Fsp3) is 0.267. The van der Waals surface area contributed by atoms with Crippen LogP contribution in [0.15, 0.2) is 33.5 Å². The molecule has 0 spiro atoms. The van der Waals surface area contributed by atoms with Crippen molar-refractivity contribution in [3.05, 3.63) is 51.6 Å². The number of ether oxygens (including phenoxy) is 1. The van der Waals surface area contributed by atoms with Gasteiger partial charge in [0.1, 0.15) is 23.0 Å². The molecule has 5 heteroatoms. The van der Waals surface area contributed by atoms with Gasteiger partial charge >= 0.3 is 5.63 Å². The smallest absolute Gasteiger partial charge is 0.339 e. The van der Waals surface area contributed by atoms with E-state index < -0.39 is 5.63 Å². The van der Waals surface area contributed by atoms with Gasteiger partial charge in [-0.2, -0.15) is 0 Å². The molecule has 1 aliphatic heterocycles. The first-order chi connectivity index (χ1) is 9.61. The van der Waals surface area contributed by atoms with E-state index in [1.165, 1.54) is 6.07 Å². The number of phenols is 1. The summed E-state index contributed by atoms with van der Waals surface area (Å²) in [5.74, 6) is 1.02. The highest BCUT2D eigenvalue weighted by Crippen LogP contribution is 2.33. The number of phenolic OH excluding ortho intramolecular Hbond substituents is 1. The second kappa shape index (κ2) is 4.92. The van der Waals surface area contributed by atoms with Crippen LogP contribution in [0.25, 0.3) is 0 Å². The van der Waals surface area contributed by atoms with Gasteiger partial charge < -0.3 is 19.4 Å². The fourth-order valence-electron chi connectivity index (χ4n) is 2.48. The van der Waals surface area contributed by atoms with Crippen LogP contribution in [0.1, 0.15) is 23.3 Å². The van der Waals surface area contributed by atoms with Crippen LogP contribution in [-0.4, -0.2) is 16.8 Å². The summed E-state index contributed by atoms with van der Waals surface area (Å²) in [5, 5.41) is 19.2. The highest BCUT2D eigenvalue weighted by molar-refractivity contribution is 5.48. The first-order valence-electron chi connectivity index (χ1n) is 6.42. The SMILES string of the molecule is O=c1cc(O)cc(Cc2cc(O)cc3c2CCCO3)o1. The summed E-state index contributed by atoms with van der Waals surface area (Å²) in [6, 6.07) is 5.65. The molecule has 2 aromatic rings. The number of fused-ring (bicyclic) bond motifs is 1. The summed E-state index contributed by atoms with van der Waals surface area (Å²) in [6.07, 6.45) is 2.09. The Morgan fingerprint density at radius 1 is 1.10 bits per heavy atom. The lowest BCUT2D eigenvalue weighted by Gasteiger charge is -2.20. The van der Waals surface area contributed by atoms with Gasteiger partial charge in [-0.15, -0.1) is 0 Å². The summed E-state index contributed by atoms with van der Waals surface area (Å²) in [7, 11) is 0. The van der Waals surface area contributed by atoms with Crippen molar-refractivity contribution in [1.29, 1.82) is 0 Å². The fourth-order valence-corrected chi connectivity index (χ4v) is 2.48. The molecule has 0 aliphatic carbocycles. The van der Waals surface area contributed by atoms with E-state index in [1.54, 1.807) is 12.1 Å². The van der Waals surface area contributed by atoms with Crippen LogP contribution in [0, 0.1) is 0 Å². The van der Waals surface area contributed by atoms with E-state index in [2.05, 4.69) is 0 Å². The monoisotopic (exact) mass is 274 g/mol. The van der Waals surface area contributed by atoms with Crippen molar-refractivity contribution in [1.82, 2.24) is 0 Å². The van der Waals surface area contributed by atoms with Gasteiger partial charge in [0, 0.05) is 18.6 Å². The number of aromatic hydroxyl groups is 2.